The predicted octanol–water partition coefficient (Wildman–Crippen LogP) is 1.49. The minimum Gasteiger partial charge on any atom is -0.320 e. The van der Waals surface area contributed by atoms with Crippen LogP contribution in [-0.2, 0) is 10.2 Å². The second-order valence-electron chi connectivity index (χ2n) is 3.87. The van der Waals surface area contributed by atoms with Crippen LogP contribution in [0.1, 0.15) is 6.42 Å². The molecule has 1 aromatic rings. The fourth-order valence-corrected chi connectivity index (χ4v) is 3.05. The molecule has 0 atom stereocenters. The average Bonchev–Trinajstić information content (AvgIpc) is 2.32. The molecule has 5 nitrogen and oxygen atoms in total. The maximum atomic E-state index is 12.0. The van der Waals surface area contributed by atoms with Gasteiger partial charge in [-0.2, -0.15) is 12.7 Å². The van der Waals surface area contributed by atoms with E-state index in [-0.39, 0.29) is 0 Å². The van der Waals surface area contributed by atoms with Gasteiger partial charge in [0.25, 0.3) is 0 Å². The lowest BCUT2D eigenvalue weighted by atomic mass is 10.3. The molecule has 0 heterocycles. The van der Waals surface area contributed by atoms with Crippen LogP contribution in [0.3, 0.4) is 0 Å². The van der Waals surface area contributed by atoms with E-state index in [1.54, 1.807) is 19.2 Å². The van der Waals surface area contributed by atoms with Crippen molar-refractivity contribution in [1.29, 1.82) is 0 Å². The number of hydrogen-bond donors (Lipinski definition) is 2. The fraction of sp³-hybridized carbons (Fsp3) is 0.455. The van der Waals surface area contributed by atoms with Crippen LogP contribution in [0, 0.1) is 3.57 Å². The van der Waals surface area contributed by atoms with E-state index in [4.69, 9.17) is 0 Å². The topological polar surface area (TPSA) is 61.4 Å². The molecule has 0 saturated heterocycles. The Balaban J connectivity index is 2.67. The summed E-state index contributed by atoms with van der Waals surface area (Å²) in [5.74, 6) is 0. The summed E-state index contributed by atoms with van der Waals surface area (Å²) in [4.78, 5) is 0. The second-order valence-corrected chi connectivity index (χ2v) is 6.81. The molecular formula is C11H18IN3O2S. The third-order valence-electron chi connectivity index (χ3n) is 2.42. The van der Waals surface area contributed by atoms with Gasteiger partial charge < -0.3 is 5.32 Å². The molecule has 0 amide bonds. The molecule has 102 valence electrons. The van der Waals surface area contributed by atoms with Crippen molar-refractivity contribution in [2.24, 2.45) is 0 Å². The van der Waals surface area contributed by atoms with Crippen LogP contribution in [0.5, 0.6) is 0 Å². The molecule has 2 N–H and O–H groups in total. The van der Waals surface area contributed by atoms with Gasteiger partial charge in [0.15, 0.2) is 0 Å². The van der Waals surface area contributed by atoms with Crippen LogP contribution in [-0.4, -0.2) is 39.9 Å². The molecule has 0 spiro atoms. The van der Waals surface area contributed by atoms with Crippen LogP contribution >= 0.6 is 22.6 Å². The van der Waals surface area contributed by atoms with Crippen LogP contribution in [0.15, 0.2) is 24.3 Å². The van der Waals surface area contributed by atoms with Gasteiger partial charge >= 0.3 is 10.2 Å². The number of benzene rings is 1. The summed E-state index contributed by atoms with van der Waals surface area (Å²) >= 11 is 2.10. The smallest absolute Gasteiger partial charge is 0.301 e. The molecule has 0 fully saturated rings. The van der Waals surface area contributed by atoms with Crippen molar-refractivity contribution < 1.29 is 8.42 Å². The maximum absolute atomic E-state index is 12.0. The van der Waals surface area contributed by atoms with Gasteiger partial charge in [-0.1, -0.05) is 12.1 Å². The third kappa shape index (κ3) is 4.71. The van der Waals surface area contributed by atoms with Gasteiger partial charge in [-0.3, -0.25) is 4.72 Å². The van der Waals surface area contributed by atoms with Crippen LogP contribution in [0.4, 0.5) is 5.69 Å². The molecular weight excluding hydrogens is 365 g/mol. The van der Waals surface area contributed by atoms with Crippen molar-refractivity contribution in [2.45, 2.75) is 6.42 Å². The number of rotatable bonds is 7. The highest BCUT2D eigenvalue weighted by atomic mass is 127. The average molecular weight is 383 g/mol. The van der Waals surface area contributed by atoms with E-state index in [0.29, 0.717) is 12.2 Å². The molecule has 0 aliphatic rings. The molecule has 0 unspecified atom stereocenters. The molecule has 18 heavy (non-hydrogen) atoms. The lowest BCUT2D eigenvalue weighted by Crippen LogP contribution is -2.34. The Morgan fingerprint density at radius 2 is 2.00 bits per heavy atom. The Morgan fingerprint density at radius 1 is 1.33 bits per heavy atom. The van der Waals surface area contributed by atoms with Crippen LogP contribution in [0.25, 0.3) is 0 Å². The standard InChI is InChI=1S/C11H18IN3O2S/c1-13-8-5-9-15(2)18(16,17)14-11-7-4-3-6-10(11)12/h3-4,6-7,13-14H,5,8-9H2,1-2H3. The van der Waals surface area contributed by atoms with E-state index in [2.05, 4.69) is 32.6 Å². The first kappa shape index (κ1) is 15.7. The van der Waals surface area contributed by atoms with Gasteiger partial charge in [-0.15, -0.1) is 0 Å². The second kappa shape index (κ2) is 7.27. The zero-order valence-corrected chi connectivity index (χ0v) is 13.5. The molecule has 1 aromatic carbocycles. The number of para-hydroxylation sites is 1. The van der Waals surface area contributed by atoms with Crippen LogP contribution < -0.4 is 10.0 Å². The highest BCUT2D eigenvalue weighted by Crippen LogP contribution is 2.19. The fourth-order valence-electron chi connectivity index (χ4n) is 1.36. The zero-order valence-electron chi connectivity index (χ0n) is 10.5. The highest BCUT2D eigenvalue weighted by molar-refractivity contribution is 14.1. The van der Waals surface area contributed by atoms with E-state index < -0.39 is 10.2 Å². The third-order valence-corrected chi connectivity index (χ3v) is 4.84. The summed E-state index contributed by atoms with van der Waals surface area (Å²) in [6, 6.07) is 7.29. The monoisotopic (exact) mass is 383 g/mol. The molecule has 0 aliphatic heterocycles. The minimum atomic E-state index is -3.47. The number of nitrogens with zero attached hydrogens (tertiary/aromatic N) is 1. The van der Waals surface area contributed by atoms with Crippen molar-refractivity contribution in [3.63, 3.8) is 0 Å². The normalized spacial score (nSPS) is 11.8. The predicted molar refractivity (Wildman–Crippen MR) is 82.9 cm³/mol. The summed E-state index contributed by atoms with van der Waals surface area (Å²) in [7, 11) is -0.0421. The van der Waals surface area contributed by atoms with E-state index in [1.807, 2.05) is 19.2 Å². The van der Waals surface area contributed by atoms with E-state index in [1.165, 1.54) is 4.31 Å². The summed E-state index contributed by atoms with van der Waals surface area (Å²) in [5.41, 5.74) is 0.610. The number of nitrogens with one attached hydrogen (secondary N) is 2. The first-order valence-electron chi connectivity index (χ1n) is 5.60. The summed E-state index contributed by atoms with van der Waals surface area (Å²) in [6.45, 7) is 1.28. The van der Waals surface area contributed by atoms with E-state index in [9.17, 15) is 8.42 Å². The summed E-state index contributed by atoms with van der Waals surface area (Å²) in [6.07, 6.45) is 0.778. The Morgan fingerprint density at radius 3 is 2.61 bits per heavy atom. The molecule has 0 saturated carbocycles. The number of anilines is 1. The van der Waals surface area contributed by atoms with Gasteiger partial charge in [0.05, 0.1) is 5.69 Å². The van der Waals surface area contributed by atoms with E-state index >= 15 is 0 Å². The molecule has 7 heteroatoms. The number of halogens is 1. The lowest BCUT2D eigenvalue weighted by Gasteiger charge is -2.18. The Kier molecular flexibility index (Phi) is 6.33. The zero-order chi connectivity index (χ0) is 13.6. The van der Waals surface area contributed by atoms with Crippen molar-refractivity contribution in [1.82, 2.24) is 9.62 Å². The van der Waals surface area contributed by atoms with Gasteiger partial charge in [0.1, 0.15) is 0 Å². The summed E-state index contributed by atoms with van der Waals surface area (Å²) < 4.78 is 28.9. The van der Waals surface area contributed by atoms with Gasteiger partial charge in [-0.05, 0) is 54.7 Å². The van der Waals surface area contributed by atoms with Crippen molar-refractivity contribution in [3.05, 3.63) is 27.8 Å². The number of hydrogen-bond acceptors (Lipinski definition) is 3. The van der Waals surface area contributed by atoms with Crippen molar-refractivity contribution in [3.8, 4) is 0 Å². The van der Waals surface area contributed by atoms with Gasteiger partial charge in [-0.25, -0.2) is 0 Å². The molecule has 0 bridgehead atoms. The quantitative estimate of drug-likeness (QED) is 0.554. The lowest BCUT2D eigenvalue weighted by molar-refractivity contribution is 0.462. The van der Waals surface area contributed by atoms with Crippen molar-refractivity contribution in [2.75, 3.05) is 31.9 Å². The minimum absolute atomic E-state index is 0.486. The molecule has 0 aliphatic carbocycles. The van der Waals surface area contributed by atoms with E-state index in [0.717, 1.165) is 16.5 Å². The highest BCUT2D eigenvalue weighted by Gasteiger charge is 2.17. The Hall–Kier alpha value is -0.380. The molecule has 0 aromatic heterocycles. The SMILES string of the molecule is CNCCCN(C)S(=O)(=O)Nc1ccccc1I. The maximum Gasteiger partial charge on any atom is 0.301 e. The van der Waals surface area contributed by atoms with Crippen molar-refractivity contribution >= 4 is 38.5 Å². The molecule has 1 rings (SSSR count). The first-order valence-corrected chi connectivity index (χ1v) is 8.12. The molecule has 0 radical (unpaired) electrons. The largest absolute Gasteiger partial charge is 0.320 e. The van der Waals surface area contributed by atoms with Gasteiger partial charge in [0.2, 0.25) is 0 Å². The summed E-state index contributed by atoms with van der Waals surface area (Å²) in [5, 5.41) is 2.99. The van der Waals surface area contributed by atoms with Crippen LogP contribution in [0.2, 0.25) is 0 Å². The van der Waals surface area contributed by atoms with Gasteiger partial charge in [0, 0.05) is 17.2 Å². The Labute approximate surface area is 122 Å². The Bertz CT molecular complexity index is 479. The first-order chi connectivity index (χ1) is 8.47.